The summed E-state index contributed by atoms with van der Waals surface area (Å²) in [7, 11) is 0. The topological polar surface area (TPSA) is 43.6 Å². The SMILES string of the molecule is CCc1nccn1-c1nc(C)ncc1Br. The Bertz CT molecular complexity index is 478. The Balaban J connectivity index is 2.58. The van der Waals surface area contributed by atoms with Gasteiger partial charge in [0.15, 0.2) is 5.82 Å². The molecule has 78 valence electrons. The molecule has 15 heavy (non-hydrogen) atoms. The van der Waals surface area contributed by atoms with E-state index in [-0.39, 0.29) is 0 Å². The van der Waals surface area contributed by atoms with Crippen LogP contribution < -0.4 is 0 Å². The van der Waals surface area contributed by atoms with E-state index in [1.165, 1.54) is 0 Å². The number of hydrogen-bond acceptors (Lipinski definition) is 3. The molecule has 0 aliphatic rings. The molecular weight excluding hydrogens is 256 g/mol. The van der Waals surface area contributed by atoms with Crippen LogP contribution >= 0.6 is 15.9 Å². The Hall–Kier alpha value is -1.23. The molecule has 2 aromatic heterocycles. The fraction of sp³-hybridized carbons (Fsp3) is 0.300. The van der Waals surface area contributed by atoms with Crippen LogP contribution in [0.25, 0.3) is 5.82 Å². The molecule has 0 saturated heterocycles. The number of aryl methyl sites for hydroxylation is 2. The van der Waals surface area contributed by atoms with Crippen molar-refractivity contribution in [2.75, 3.05) is 0 Å². The molecule has 0 aromatic carbocycles. The second kappa shape index (κ2) is 4.10. The minimum absolute atomic E-state index is 0.754. The Morgan fingerprint density at radius 2 is 2.20 bits per heavy atom. The molecule has 0 saturated carbocycles. The first kappa shape index (κ1) is 10.3. The van der Waals surface area contributed by atoms with E-state index in [1.54, 1.807) is 12.4 Å². The van der Waals surface area contributed by atoms with Crippen LogP contribution in [0.4, 0.5) is 0 Å². The molecule has 0 unspecified atom stereocenters. The van der Waals surface area contributed by atoms with Crippen LogP contribution in [-0.2, 0) is 6.42 Å². The van der Waals surface area contributed by atoms with Gasteiger partial charge < -0.3 is 0 Å². The Labute approximate surface area is 96.5 Å². The van der Waals surface area contributed by atoms with Crippen molar-refractivity contribution in [2.45, 2.75) is 20.3 Å². The Morgan fingerprint density at radius 3 is 2.93 bits per heavy atom. The van der Waals surface area contributed by atoms with Crippen LogP contribution in [-0.4, -0.2) is 19.5 Å². The van der Waals surface area contributed by atoms with E-state index in [2.05, 4.69) is 37.8 Å². The van der Waals surface area contributed by atoms with Crippen LogP contribution in [0.5, 0.6) is 0 Å². The van der Waals surface area contributed by atoms with E-state index in [4.69, 9.17) is 0 Å². The molecular formula is C10H11BrN4. The summed E-state index contributed by atoms with van der Waals surface area (Å²) < 4.78 is 2.85. The lowest BCUT2D eigenvalue weighted by Crippen LogP contribution is -2.04. The van der Waals surface area contributed by atoms with Gasteiger partial charge in [0.05, 0.1) is 4.47 Å². The van der Waals surface area contributed by atoms with Gasteiger partial charge in [0.1, 0.15) is 11.6 Å². The van der Waals surface area contributed by atoms with E-state index < -0.39 is 0 Å². The fourth-order valence-electron chi connectivity index (χ4n) is 1.40. The lowest BCUT2D eigenvalue weighted by molar-refractivity contribution is 0.846. The minimum Gasteiger partial charge on any atom is -0.287 e. The first-order chi connectivity index (χ1) is 7.22. The van der Waals surface area contributed by atoms with Gasteiger partial charge in [-0.3, -0.25) is 4.57 Å². The fourth-order valence-corrected chi connectivity index (χ4v) is 1.78. The lowest BCUT2D eigenvalue weighted by Gasteiger charge is -2.07. The molecule has 0 aliphatic carbocycles. The highest BCUT2D eigenvalue weighted by atomic mass is 79.9. The van der Waals surface area contributed by atoms with E-state index in [1.807, 2.05) is 17.7 Å². The number of aromatic nitrogens is 4. The molecule has 2 aromatic rings. The Morgan fingerprint density at radius 1 is 1.40 bits per heavy atom. The maximum Gasteiger partial charge on any atom is 0.156 e. The van der Waals surface area contributed by atoms with Crippen LogP contribution in [0.15, 0.2) is 23.1 Å². The van der Waals surface area contributed by atoms with Crippen molar-refractivity contribution in [1.82, 2.24) is 19.5 Å². The standard InChI is InChI=1S/C10H11BrN4/c1-3-9-12-4-5-15(9)10-8(11)6-13-7(2)14-10/h4-6H,3H2,1-2H3. The van der Waals surface area contributed by atoms with E-state index in [9.17, 15) is 0 Å². The van der Waals surface area contributed by atoms with E-state index in [0.717, 1.165) is 28.4 Å². The van der Waals surface area contributed by atoms with Gasteiger partial charge >= 0.3 is 0 Å². The summed E-state index contributed by atoms with van der Waals surface area (Å²) in [5.74, 6) is 2.59. The third-order valence-electron chi connectivity index (χ3n) is 2.11. The summed E-state index contributed by atoms with van der Waals surface area (Å²) in [6.07, 6.45) is 6.33. The molecule has 0 spiro atoms. The van der Waals surface area contributed by atoms with Gasteiger partial charge in [-0.2, -0.15) is 0 Å². The van der Waals surface area contributed by atoms with Gasteiger partial charge in [0, 0.05) is 25.0 Å². The number of halogens is 1. The number of rotatable bonds is 2. The van der Waals surface area contributed by atoms with Crippen molar-refractivity contribution >= 4 is 15.9 Å². The van der Waals surface area contributed by atoms with E-state index in [0.29, 0.717) is 0 Å². The van der Waals surface area contributed by atoms with Crippen LogP contribution in [0.1, 0.15) is 18.6 Å². The summed E-state index contributed by atoms with van der Waals surface area (Å²) in [5.41, 5.74) is 0. The van der Waals surface area contributed by atoms with E-state index >= 15 is 0 Å². The molecule has 0 bridgehead atoms. The molecule has 4 nitrogen and oxygen atoms in total. The van der Waals surface area contributed by atoms with Crippen LogP contribution in [0.3, 0.4) is 0 Å². The first-order valence-corrected chi connectivity index (χ1v) is 5.53. The van der Waals surface area contributed by atoms with Gasteiger partial charge in [-0.1, -0.05) is 6.92 Å². The van der Waals surface area contributed by atoms with Crippen molar-refractivity contribution in [3.8, 4) is 5.82 Å². The van der Waals surface area contributed by atoms with Gasteiger partial charge in [-0.25, -0.2) is 15.0 Å². The zero-order valence-electron chi connectivity index (χ0n) is 8.61. The monoisotopic (exact) mass is 266 g/mol. The summed E-state index contributed by atoms with van der Waals surface area (Å²) >= 11 is 3.44. The molecule has 0 aliphatic heterocycles. The molecule has 0 radical (unpaired) electrons. The number of imidazole rings is 1. The third kappa shape index (κ3) is 1.92. The summed E-state index contributed by atoms with van der Waals surface area (Å²) in [5, 5.41) is 0. The zero-order chi connectivity index (χ0) is 10.8. The van der Waals surface area contributed by atoms with Crippen molar-refractivity contribution < 1.29 is 0 Å². The van der Waals surface area contributed by atoms with Gasteiger partial charge in [0.2, 0.25) is 0 Å². The molecule has 0 fully saturated rings. The third-order valence-corrected chi connectivity index (χ3v) is 2.67. The van der Waals surface area contributed by atoms with Gasteiger partial charge in [-0.05, 0) is 22.9 Å². The molecule has 0 amide bonds. The second-order valence-electron chi connectivity index (χ2n) is 3.16. The molecule has 0 atom stereocenters. The number of nitrogens with zero attached hydrogens (tertiary/aromatic N) is 4. The zero-order valence-corrected chi connectivity index (χ0v) is 10.2. The maximum atomic E-state index is 4.39. The van der Waals surface area contributed by atoms with Gasteiger partial charge in [-0.15, -0.1) is 0 Å². The average molecular weight is 267 g/mol. The summed E-state index contributed by atoms with van der Waals surface area (Å²) in [4.78, 5) is 12.8. The van der Waals surface area contributed by atoms with Crippen molar-refractivity contribution in [1.29, 1.82) is 0 Å². The van der Waals surface area contributed by atoms with Crippen LogP contribution in [0, 0.1) is 6.92 Å². The number of hydrogen-bond donors (Lipinski definition) is 0. The lowest BCUT2D eigenvalue weighted by atomic mass is 10.4. The summed E-state index contributed by atoms with van der Waals surface area (Å²) in [6, 6.07) is 0. The van der Waals surface area contributed by atoms with Crippen molar-refractivity contribution in [3.63, 3.8) is 0 Å². The second-order valence-corrected chi connectivity index (χ2v) is 4.01. The van der Waals surface area contributed by atoms with Crippen LogP contribution in [0.2, 0.25) is 0 Å². The normalized spacial score (nSPS) is 10.6. The van der Waals surface area contributed by atoms with Crippen molar-refractivity contribution in [3.05, 3.63) is 34.7 Å². The average Bonchev–Trinajstić information content (AvgIpc) is 2.69. The highest BCUT2D eigenvalue weighted by Gasteiger charge is 2.08. The molecule has 0 N–H and O–H groups in total. The predicted octanol–water partition coefficient (Wildman–Crippen LogP) is 2.30. The predicted molar refractivity (Wildman–Crippen MR) is 61.0 cm³/mol. The molecule has 2 rings (SSSR count). The highest BCUT2D eigenvalue weighted by Crippen LogP contribution is 2.19. The first-order valence-electron chi connectivity index (χ1n) is 4.74. The maximum absolute atomic E-state index is 4.39. The van der Waals surface area contributed by atoms with Gasteiger partial charge in [0.25, 0.3) is 0 Å². The summed E-state index contributed by atoms with van der Waals surface area (Å²) in [6.45, 7) is 3.94. The smallest absolute Gasteiger partial charge is 0.156 e. The Kier molecular flexibility index (Phi) is 2.81. The largest absolute Gasteiger partial charge is 0.287 e. The minimum atomic E-state index is 0.754. The van der Waals surface area contributed by atoms with Crippen molar-refractivity contribution in [2.24, 2.45) is 0 Å². The molecule has 5 heteroatoms. The molecule has 2 heterocycles. The highest BCUT2D eigenvalue weighted by molar-refractivity contribution is 9.10. The quantitative estimate of drug-likeness (QED) is 0.838.